The second-order valence-electron chi connectivity index (χ2n) is 7.73. The van der Waals surface area contributed by atoms with E-state index in [9.17, 15) is 13.6 Å². The summed E-state index contributed by atoms with van der Waals surface area (Å²) >= 11 is 0. The summed E-state index contributed by atoms with van der Waals surface area (Å²) in [6, 6.07) is 6.39. The highest BCUT2D eigenvalue weighted by molar-refractivity contribution is 5.71. The van der Waals surface area contributed by atoms with E-state index < -0.39 is 11.9 Å². The zero-order chi connectivity index (χ0) is 20.3. The van der Waals surface area contributed by atoms with Crippen molar-refractivity contribution in [1.29, 1.82) is 0 Å². The molecule has 1 aliphatic heterocycles. The van der Waals surface area contributed by atoms with Crippen LogP contribution in [0.25, 0.3) is 0 Å². The van der Waals surface area contributed by atoms with E-state index in [-0.39, 0.29) is 24.5 Å². The molecule has 28 heavy (non-hydrogen) atoms. The van der Waals surface area contributed by atoms with E-state index in [1.807, 2.05) is 12.2 Å². The van der Waals surface area contributed by atoms with Crippen LogP contribution in [0.1, 0.15) is 37.8 Å². The molecule has 3 rings (SSSR count). The third-order valence-corrected chi connectivity index (χ3v) is 5.60. The van der Waals surface area contributed by atoms with Crippen molar-refractivity contribution in [2.24, 2.45) is 11.8 Å². The van der Waals surface area contributed by atoms with Crippen molar-refractivity contribution in [2.45, 2.75) is 39.2 Å². The maximum Gasteiger partial charge on any atom is 0.309 e. The molecule has 4 nitrogen and oxygen atoms in total. The topological polar surface area (TPSA) is 49.8 Å². The SMILES string of the molecule is CCC(F)(F)c1cccc(COC2=CCC(CN3CC(C(=O)O)C3)C(C)=C2)c1. The Morgan fingerprint density at radius 3 is 2.75 bits per heavy atom. The molecule has 1 fully saturated rings. The van der Waals surface area contributed by atoms with Gasteiger partial charge in [0.1, 0.15) is 12.4 Å². The molecule has 152 valence electrons. The monoisotopic (exact) mass is 391 g/mol. The first-order chi connectivity index (χ1) is 13.3. The number of hydrogen-bond acceptors (Lipinski definition) is 3. The van der Waals surface area contributed by atoms with Gasteiger partial charge in [0.25, 0.3) is 5.92 Å². The molecule has 1 saturated heterocycles. The molecular weight excluding hydrogens is 364 g/mol. The first-order valence-corrected chi connectivity index (χ1v) is 9.72. The number of carboxylic acids is 1. The quantitative estimate of drug-likeness (QED) is 0.705. The molecule has 0 spiro atoms. The normalized spacial score (nSPS) is 20.9. The van der Waals surface area contributed by atoms with Crippen LogP contribution in [0.5, 0.6) is 0 Å². The number of hydrogen-bond donors (Lipinski definition) is 1. The molecule has 1 heterocycles. The van der Waals surface area contributed by atoms with Crippen molar-refractivity contribution in [3.05, 3.63) is 58.9 Å². The standard InChI is InChI=1S/C22H27F2NO3/c1-3-22(23,24)19-6-4-5-16(10-19)14-28-20-8-7-17(15(2)9-20)11-25-12-18(13-25)21(26)27/h4-6,8-10,17-18H,3,7,11-14H2,1-2H3,(H,26,27). The Morgan fingerprint density at radius 2 is 2.11 bits per heavy atom. The van der Waals surface area contributed by atoms with Crippen molar-refractivity contribution >= 4 is 5.97 Å². The lowest BCUT2D eigenvalue weighted by atomic mass is 9.89. The van der Waals surface area contributed by atoms with Crippen LogP contribution in [0.3, 0.4) is 0 Å². The molecule has 1 atom stereocenters. The summed E-state index contributed by atoms with van der Waals surface area (Å²) in [5, 5.41) is 8.97. The lowest BCUT2D eigenvalue weighted by Crippen LogP contribution is -2.51. The molecular formula is C22H27F2NO3. The third kappa shape index (κ3) is 4.79. The molecule has 0 amide bonds. The van der Waals surface area contributed by atoms with Crippen molar-refractivity contribution in [1.82, 2.24) is 4.90 Å². The van der Waals surface area contributed by atoms with Gasteiger partial charge < -0.3 is 14.7 Å². The van der Waals surface area contributed by atoms with E-state index in [2.05, 4.69) is 11.8 Å². The number of carbonyl (C=O) groups is 1. The molecule has 6 heteroatoms. The van der Waals surface area contributed by atoms with Crippen molar-refractivity contribution in [3.8, 4) is 0 Å². The molecule has 1 aromatic carbocycles. The second-order valence-corrected chi connectivity index (χ2v) is 7.73. The highest BCUT2D eigenvalue weighted by Gasteiger charge is 2.34. The summed E-state index contributed by atoms with van der Waals surface area (Å²) in [5.41, 5.74) is 1.94. The second kappa shape index (κ2) is 8.43. The molecule has 0 saturated carbocycles. The van der Waals surface area contributed by atoms with Crippen LogP contribution in [-0.4, -0.2) is 35.6 Å². The van der Waals surface area contributed by atoms with E-state index in [1.54, 1.807) is 12.1 Å². The maximum absolute atomic E-state index is 13.9. The Bertz CT molecular complexity index is 782. The number of allylic oxidation sites excluding steroid dienone is 2. The van der Waals surface area contributed by atoms with E-state index >= 15 is 0 Å². The number of likely N-dealkylation sites (tertiary alicyclic amines) is 1. The van der Waals surface area contributed by atoms with Crippen LogP contribution in [-0.2, 0) is 22.1 Å². The maximum atomic E-state index is 13.9. The van der Waals surface area contributed by atoms with Gasteiger partial charge in [-0.1, -0.05) is 30.7 Å². The number of alkyl halides is 2. The van der Waals surface area contributed by atoms with Gasteiger partial charge in [-0.2, -0.15) is 0 Å². The van der Waals surface area contributed by atoms with Crippen LogP contribution in [0.4, 0.5) is 8.78 Å². The largest absolute Gasteiger partial charge is 0.489 e. The molecule has 0 radical (unpaired) electrons. The number of rotatable bonds is 8. The van der Waals surface area contributed by atoms with Crippen molar-refractivity contribution < 1.29 is 23.4 Å². The van der Waals surface area contributed by atoms with Gasteiger partial charge in [0.05, 0.1) is 5.92 Å². The molecule has 1 unspecified atom stereocenters. The predicted octanol–water partition coefficient (Wildman–Crippen LogP) is 4.57. The lowest BCUT2D eigenvalue weighted by Gasteiger charge is -2.39. The Kier molecular flexibility index (Phi) is 6.18. The molecule has 0 bridgehead atoms. The zero-order valence-electron chi connectivity index (χ0n) is 16.3. The molecule has 0 aromatic heterocycles. The van der Waals surface area contributed by atoms with Crippen LogP contribution >= 0.6 is 0 Å². The number of aliphatic carboxylic acids is 1. The van der Waals surface area contributed by atoms with Crippen LogP contribution in [0, 0.1) is 11.8 Å². The van der Waals surface area contributed by atoms with Crippen molar-refractivity contribution in [2.75, 3.05) is 19.6 Å². The van der Waals surface area contributed by atoms with Gasteiger partial charge in [-0.15, -0.1) is 0 Å². The minimum Gasteiger partial charge on any atom is -0.489 e. The summed E-state index contributed by atoms with van der Waals surface area (Å²) < 4.78 is 33.6. The van der Waals surface area contributed by atoms with Gasteiger partial charge in [-0.3, -0.25) is 4.79 Å². The Balaban J connectivity index is 1.51. The number of benzene rings is 1. The third-order valence-electron chi connectivity index (χ3n) is 5.60. The zero-order valence-corrected chi connectivity index (χ0v) is 16.3. The Labute approximate surface area is 164 Å². The van der Waals surface area contributed by atoms with Crippen LogP contribution in [0.2, 0.25) is 0 Å². The van der Waals surface area contributed by atoms with Crippen LogP contribution in [0.15, 0.2) is 47.7 Å². The van der Waals surface area contributed by atoms with E-state index in [0.29, 0.717) is 19.0 Å². The number of halogens is 2. The van der Waals surface area contributed by atoms with Gasteiger partial charge in [-0.05, 0) is 43.0 Å². The minimum absolute atomic E-state index is 0.0229. The average Bonchev–Trinajstić information content (AvgIpc) is 2.63. The fourth-order valence-corrected chi connectivity index (χ4v) is 3.61. The minimum atomic E-state index is -2.82. The first-order valence-electron chi connectivity index (χ1n) is 9.72. The molecule has 1 aromatic rings. The van der Waals surface area contributed by atoms with Gasteiger partial charge in [0.15, 0.2) is 0 Å². The lowest BCUT2D eigenvalue weighted by molar-refractivity contribution is -0.147. The number of nitrogens with zero attached hydrogens (tertiary/aromatic N) is 1. The number of ether oxygens (including phenoxy) is 1. The van der Waals surface area contributed by atoms with E-state index in [0.717, 1.165) is 24.3 Å². The molecule has 1 N–H and O–H groups in total. The van der Waals surface area contributed by atoms with E-state index in [4.69, 9.17) is 9.84 Å². The summed E-state index contributed by atoms with van der Waals surface area (Å²) in [4.78, 5) is 13.1. The van der Waals surface area contributed by atoms with Gasteiger partial charge >= 0.3 is 5.97 Å². The summed E-state index contributed by atoms with van der Waals surface area (Å²) in [7, 11) is 0. The van der Waals surface area contributed by atoms with Crippen molar-refractivity contribution in [3.63, 3.8) is 0 Å². The van der Waals surface area contributed by atoms with Crippen LogP contribution < -0.4 is 0 Å². The summed E-state index contributed by atoms with van der Waals surface area (Å²) in [6.45, 7) is 5.86. The number of carboxylic acid groups (broad SMARTS) is 1. The Hall–Kier alpha value is -2.21. The highest BCUT2D eigenvalue weighted by atomic mass is 19.3. The first kappa shape index (κ1) is 20.5. The van der Waals surface area contributed by atoms with Gasteiger partial charge in [0, 0.05) is 31.6 Å². The van der Waals surface area contributed by atoms with Gasteiger partial charge in [0.2, 0.25) is 0 Å². The average molecular weight is 391 g/mol. The summed E-state index contributed by atoms with van der Waals surface area (Å²) in [5.74, 6) is -2.66. The van der Waals surface area contributed by atoms with E-state index in [1.165, 1.54) is 24.6 Å². The highest BCUT2D eigenvalue weighted by Crippen LogP contribution is 2.32. The molecule has 2 aliphatic rings. The molecule has 1 aliphatic carbocycles. The van der Waals surface area contributed by atoms with Gasteiger partial charge in [-0.25, -0.2) is 8.78 Å². The predicted molar refractivity (Wildman–Crippen MR) is 103 cm³/mol. The summed E-state index contributed by atoms with van der Waals surface area (Å²) in [6.07, 6.45) is 4.62. The fourth-order valence-electron chi connectivity index (χ4n) is 3.61. The fraction of sp³-hybridized carbons (Fsp3) is 0.500. The smallest absolute Gasteiger partial charge is 0.309 e. The Morgan fingerprint density at radius 1 is 1.36 bits per heavy atom.